The van der Waals surface area contributed by atoms with E-state index in [0.717, 1.165) is 78.4 Å². The van der Waals surface area contributed by atoms with Crippen molar-refractivity contribution in [1.82, 2.24) is 0 Å². The zero-order chi connectivity index (χ0) is 33.3. The summed E-state index contributed by atoms with van der Waals surface area (Å²) < 4.78 is 0. The van der Waals surface area contributed by atoms with Crippen LogP contribution in [0, 0.1) is 0 Å². The molecule has 48 heavy (non-hydrogen) atoms. The Balaban J connectivity index is 1.58. The van der Waals surface area contributed by atoms with E-state index in [-0.39, 0.29) is 13.2 Å². The molecule has 0 aliphatic heterocycles. The SMILES string of the molecule is CC(=Nc1c(-c2ccccc2)cc(CCO)cc1-c1ccccc1)C(C)=Nc1c(-c2ccccc2)cc(CCO)cc1-c1ccccc1. The van der Waals surface area contributed by atoms with Gasteiger partial charge in [-0.15, -0.1) is 0 Å². The minimum Gasteiger partial charge on any atom is -0.396 e. The molecule has 0 spiro atoms. The van der Waals surface area contributed by atoms with Gasteiger partial charge in [-0.05, 0) is 84.3 Å². The highest BCUT2D eigenvalue weighted by Gasteiger charge is 2.18. The molecule has 0 bridgehead atoms. The molecule has 4 nitrogen and oxygen atoms in total. The van der Waals surface area contributed by atoms with Crippen LogP contribution in [0.1, 0.15) is 25.0 Å². The van der Waals surface area contributed by atoms with E-state index in [9.17, 15) is 10.2 Å². The maximum absolute atomic E-state index is 9.87. The second kappa shape index (κ2) is 15.4. The zero-order valence-corrected chi connectivity index (χ0v) is 27.5. The number of rotatable bonds is 11. The molecule has 0 saturated heterocycles. The van der Waals surface area contributed by atoms with Crippen molar-refractivity contribution >= 4 is 22.8 Å². The first-order valence-electron chi connectivity index (χ1n) is 16.4. The Bertz CT molecular complexity index is 1760. The Labute approximate surface area is 283 Å². The van der Waals surface area contributed by atoms with Crippen molar-refractivity contribution in [3.8, 4) is 44.5 Å². The Hall–Kier alpha value is -5.42. The van der Waals surface area contributed by atoms with Gasteiger partial charge in [0.25, 0.3) is 0 Å². The summed E-state index contributed by atoms with van der Waals surface area (Å²) in [6.45, 7) is 4.18. The topological polar surface area (TPSA) is 65.2 Å². The molecule has 0 aliphatic carbocycles. The van der Waals surface area contributed by atoms with Gasteiger partial charge in [-0.3, -0.25) is 9.98 Å². The van der Waals surface area contributed by atoms with E-state index in [1.54, 1.807) is 0 Å². The van der Waals surface area contributed by atoms with Crippen molar-refractivity contribution in [3.63, 3.8) is 0 Å². The highest BCUT2D eigenvalue weighted by atomic mass is 16.3. The average molecular weight is 629 g/mol. The number of nitrogens with zero attached hydrogens (tertiary/aromatic N) is 2. The van der Waals surface area contributed by atoms with Crippen molar-refractivity contribution in [2.75, 3.05) is 13.2 Å². The third-order valence-corrected chi connectivity index (χ3v) is 8.56. The van der Waals surface area contributed by atoms with Crippen LogP contribution >= 0.6 is 0 Å². The minimum atomic E-state index is 0.0699. The van der Waals surface area contributed by atoms with Crippen LogP contribution in [-0.4, -0.2) is 34.9 Å². The quantitative estimate of drug-likeness (QED) is 0.140. The van der Waals surface area contributed by atoms with E-state index in [1.807, 2.05) is 86.6 Å². The molecule has 0 aliphatic rings. The lowest BCUT2D eigenvalue weighted by molar-refractivity contribution is 0.299. The number of hydrogen-bond acceptors (Lipinski definition) is 4. The number of aliphatic hydroxyl groups is 2. The zero-order valence-electron chi connectivity index (χ0n) is 27.5. The van der Waals surface area contributed by atoms with Crippen molar-refractivity contribution < 1.29 is 10.2 Å². The van der Waals surface area contributed by atoms with Gasteiger partial charge in [0.05, 0.1) is 22.8 Å². The highest BCUT2D eigenvalue weighted by molar-refractivity contribution is 6.42. The van der Waals surface area contributed by atoms with Crippen LogP contribution in [0.2, 0.25) is 0 Å². The predicted molar refractivity (Wildman–Crippen MR) is 202 cm³/mol. The van der Waals surface area contributed by atoms with Crippen LogP contribution in [0.4, 0.5) is 11.4 Å². The molecule has 238 valence electrons. The number of aliphatic imine (C=N–C) groups is 2. The fraction of sp³-hybridized carbons (Fsp3) is 0.136. The molecule has 0 radical (unpaired) electrons. The summed E-state index contributed by atoms with van der Waals surface area (Å²) in [4.78, 5) is 10.7. The van der Waals surface area contributed by atoms with E-state index in [2.05, 4.69) is 72.8 Å². The second-order valence-electron chi connectivity index (χ2n) is 11.9. The van der Waals surface area contributed by atoms with Gasteiger partial charge in [-0.2, -0.15) is 0 Å². The summed E-state index contributed by atoms with van der Waals surface area (Å²) in [6, 6.07) is 49.9. The van der Waals surface area contributed by atoms with E-state index in [0.29, 0.717) is 12.8 Å². The van der Waals surface area contributed by atoms with E-state index in [1.165, 1.54) is 0 Å². The van der Waals surface area contributed by atoms with E-state index >= 15 is 0 Å². The lowest BCUT2D eigenvalue weighted by Crippen LogP contribution is -2.06. The standard InChI is InChI=1S/C44H40N2O2/c1-31(45-43-39(35-15-7-3-8-16-35)27-33(23-25-47)28-40(43)36-17-9-4-10-18-36)32(2)46-44-41(37-19-11-5-12-20-37)29-34(24-26-48)30-42(44)38-21-13-6-14-22-38/h3-22,27-30,47-48H,23-26H2,1-2H3. The largest absolute Gasteiger partial charge is 0.396 e. The van der Waals surface area contributed by atoms with Gasteiger partial charge < -0.3 is 10.2 Å². The summed E-state index contributed by atoms with van der Waals surface area (Å²) in [5, 5.41) is 19.7. The predicted octanol–water partition coefficient (Wildman–Crippen LogP) is 10.3. The van der Waals surface area contributed by atoms with Crippen LogP contribution in [-0.2, 0) is 12.8 Å². The van der Waals surface area contributed by atoms with Crippen LogP contribution in [0.15, 0.2) is 156 Å². The van der Waals surface area contributed by atoms with Crippen molar-refractivity contribution in [3.05, 3.63) is 157 Å². The molecule has 0 fully saturated rings. The Kier molecular flexibility index (Phi) is 10.5. The van der Waals surface area contributed by atoms with Crippen molar-refractivity contribution in [1.29, 1.82) is 0 Å². The van der Waals surface area contributed by atoms with Crippen LogP contribution in [0.3, 0.4) is 0 Å². The second-order valence-corrected chi connectivity index (χ2v) is 11.9. The molecule has 0 heterocycles. The first-order chi connectivity index (χ1) is 23.6. The van der Waals surface area contributed by atoms with E-state index < -0.39 is 0 Å². The molecule has 6 aromatic carbocycles. The van der Waals surface area contributed by atoms with Gasteiger partial charge >= 0.3 is 0 Å². The molecule has 6 rings (SSSR count). The maximum atomic E-state index is 9.87. The van der Waals surface area contributed by atoms with Gasteiger partial charge in [-0.25, -0.2) is 0 Å². The summed E-state index contributed by atoms with van der Waals surface area (Å²) in [7, 11) is 0. The van der Waals surface area contributed by atoms with Crippen molar-refractivity contribution in [2.45, 2.75) is 26.7 Å². The van der Waals surface area contributed by atoms with Gasteiger partial charge in [-0.1, -0.05) is 121 Å². The minimum absolute atomic E-state index is 0.0699. The monoisotopic (exact) mass is 628 g/mol. The molecule has 6 aromatic rings. The summed E-state index contributed by atoms with van der Waals surface area (Å²) in [5.74, 6) is 0. The van der Waals surface area contributed by atoms with Crippen molar-refractivity contribution in [2.24, 2.45) is 9.98 Å². The third kappa shape index (κ3) is 7.42. The van der Waals surface area contributed by atoms with Gasteiger partial charge in [0.15, 0.2) is 0 Å². The summed E-state index contributed by atoms with van der Waals surface area (Å²) in [6.07, 6.45) is 1.11. The lowest BCUT2D eigenvalue weighted by Gasteiger charge is -2.17. The summed E-state index contributed by atoms with van der Waals surface area (Å²) >= 11 is 0. The highest BCUT2D eigenvalue weighted by Crippen LogP contribution is 2.43. The first kappa shape index (κ1) is 32.5. The first-order valence-corrected chi connectivity index (χ1v) is 16.4. The lowest BCUT2D eigenvalue weighted by atomic mass is 9.92. The fourth-order valence-electron chi connectivity index (χ4n) is 6.02. The van der Waals surface area contributed by atoms with Crippen LogP contribution < -0.4 is 0 Å². The Morgan fingerprint density at radius 3 is 0.896 bits per heavy atom. The van der Waals surface area contributed by atoms with Gasteiger partial charge in [0, 0.05) is 35.5 Å². The fourth-order valence-corrected chi connectivity index (χ4v) is 6.02. The average Bonchev–Trinajstić information content (AvgIpc) is 3.14. The molecule has 0 saturated carbocycles. The molecular weight excluding hydrogens is 588 g/mol. The molecule has 4 heteroatoms. The molecular formula is C44H40N2O2. The third-order valence-electron chi connectivity index (χ3n) is 8.56. The molecule has 2 N–H and O–H groups in total. The van der Waals surface area contributed by atoms with Gasteiger partial charge in [0.1, 0.15) is 0 Å². The Morgan fingerprint density at radius 1 is 0.417 bits per heavy atom. The molecule has 0 unspecified atom stereocenters. The van der Waals surface area contributed by atoms with Gasteiger partial charge in [0.2, 0.25) is 0 Å². The number of aliphatic hydroxyl groups excluding tert-OH is 2. The molecule has 0 aromatic heterocycles. The smallest absolute Gasteiger partial charge is 0.0790 e. The number of hydrogen-bond donors (Lipinski definition) is 2. The summed E-state index contributed by atoms with van der Waals surface area (Å²) in [5.41, 5.74) is 13.7. The van der Waals surface area contributed by atoms with Crippen LogP contribution in [0.5, 0.6) is 0 Å². The normalized spacial score (nSPS) is 11.9. The Morgan fingerprint density at radius 2 is 0.667 bits per heavy atom. The molecule has 0 atom stereocenters. The maximum Gasteiger partial charge on any atom is 0.0790 e. The van der Waals surface area contributed by atoms with Crippen LogP contribution in [0.25, 0.3) is 44.5 Å². The number of benzene rings is 6. The van der Waals surface area contributed by atoms with E-state index in [4.69, 9.17) is 9.98 Å². The molecule has 0 amide bonds.